The minimum absolute atomic E-state index is 0.0909. The number of pyridine rings is 1. The molecule has 0 bridgehead atoms. The van der Waals surface area contributed by atoms with Crippen LogP contribution in [0.5, 0.6) is 5.75 Å². The maximum absolute atomic E-state index is 5.74. The molecule has 0 radical (unpaired) electrons. The molecule has 1 saturated heterocycles. The highest BCUT2D eigenvalue weighted by atomic mass is 16.5. The van der Waals surface area contributed by atoms with Gasteiger partial charge in [-0.3, -0.25) is 16.3 Å². The summed E-state index contributed by atoms with van der Waals surface area (Å²) in [6.07, 6.45) is 9.48. The first-order valence-electron chi connectivity index (χ1n) is 6.90. The van der Waals surface area contributed by atoms with Crippen molar-refractivity contribution in [2.75, 3.05) is 13.7 Å². The fraction of sp³-hybridized carbons (Fsp3) is 0.643. The monoisotopic (exact) mass is 265 g/mol. The van der Waals surface area contributed by atoms with Gasteiger partial charge in [0.05, 0.1) is 19.4 Å². The van der Waals surface area contributed by atoms with Gasteiger partial charge in [-0.25, -0.2) is 0 Å². The normalized spacial score (nSPS) is 21.1. The second-order valence-corrected chi connectivity index (χ2v) is 4.94. The number of nitrogens with two attached hydrogens (primary N) is 1. The zero-order chi connectivity index (χ0) is 13.5. The molecule has 2 heterocycles. The molecule has 1 aliphatic rings. The average molecular weight is 265 g/mol. The van der Waals surface area contributed by atoms with E-state index in [-0.39, 0.29) is 6.04 Å². The lowest BCUT2D eigenvalue weighted by molar-refractivity contribution is 0.00854. The Balaban J connectivity index is 1.91. The summed E-state index contributed by atoms with van der Waals surface area (Å²) in [6, 6.07) is 2.06. The Labute approximate surface area is 114 Å². The summed E-state index contributed by atoms with van der Waals surface area (Å²) in [5, 5.41) is 0. The van der Waals surface area contributed by atoms with E-state index in [0.29, 0.717) is 6.10 Å². The predicted molar refractivity (Wildman–Crippen MR) is 73.7 cm³/mol. The van der Waals surface area contributed by atoms with Gasteiger partial charge in [-0.15, -0.1) is 0 Å². The molecule has 5 nitrogen and oxygen atoms in total. The second-order valence-electron chi connectivity index (χ2n) is 4.94. The van der Waals surface area contributed by atoms with Gasteiger partial charge in [-0.1, -0.05) is 0 Å². The second kappa shape index (κ2) is 7.43. The number of ether oxygens (including phenoxy) is 2. The number of hydrogen-bond acceptors (Lipinski definition) is 5. The highest BCUT2D eigenvalue weighted by molar-refractivity contribution is 5.25. The Morgan fingerprint density at radius 3 is 3.11 bits per heavy atom. The van der Waals surface area contributed by atoms with Crippen LogP contribution in [0, 0.1) is 0 Å². The lowest BCUT2D eigenvalue weighted by atomic mass is 9.98. The van der Waals surface area contributed by atoms with Gasteiger partial charge in [-0.2, -0.15) is 0 Å². The van der Waals surface area contributed by atoms with Gasteiger partial charge in [0.1, 0.15) is 5.75 Å². The molecule has 2 unspecified atom stereocenters. The van der Waals surface area contributed by atoms with E-state index in [0.717, 1.165) is 37.2 Å². The summed E-state index contributed by atoms with van der Waals surface area (Å²) in [4.78, 5) is 4.17. The topological polar surface area (TPSA) is 69.4 Å². The summed E-state index contributed by atoms with van der Waals surface area (Å²) >= 11 is 0. The summed E-state index contributed by atoms with van der Waals surface area (Å²) < 4.78 is 10.9. The van der Waals surface area contributed by atoms with Crippen LogP contribution in [-0.2, 0) is 4.74 Å². The van der Waals surface area contributed by atoms with Crippen molar-refractivity contribution in [2.24, 2.45) is 5.84 Å². The molecule has 1 aromatic rings. The third-order valence-corrected chi connectivity index (χ3v) is 3.62. The molecule has 2 atom stereocenters. The van der Waals surface area contributed by atoms with Crippen molar-refractivity contribution >= 4 is 0 Å². The molecule has 0 spiro atoms. The minimum atomic E-state index is 0.0909. The van der Waals surface area contributed by atoms with E-state index in [1.165, 1.54) is 12.8 Å². The zero-order valence-corrected chi connectivity index (χ0v) is 11.5. The summed E-state index contributed by atoms with van der Waals surface area (Å²) in [5.74, 6) is 6.41. The Kier molecular flexibility index (Phi) is 5.57. The first-order chi connectivity index (χ1) is 9.33. The van der Waals surface area contributed by atoms with Gasteiger partial charge >= 0.3 is 0 Å². The van der Waals surface area contributed by atoms with Crippen LogP contribution in [0.15, 0.2) is 18.5 Å². The number of aromatic nitrogens is 1. The van der Waals surface area contributed by atoms with Crippen LogP contribution < -0.4 is 16.0 Å². The third kappa shape index (κ3) is 4.16. The van der Waals surface area contributed by atoms with Gasteiger partial charge < -0.3 is 9.47 Å². The molecule has 3 N–H and O–H groups in total. The van der Waals surface area contributed by atoms with Gasteiger partial charge in [0.2, 0.25) is 0 Å². The van der Waals surface area contributed by atoms with E-state index >= 15 is 0 Å². The lowest BCUT2D eigenvalue weighted by Gasteiger charge is -2.24. The number of hydrazine groups is 1. The van der Waals surface area contributed by atoms with Crippen LogP contribution in [0.4, 0.5) is 0 Å². The number of rotatable bonds is 6. The lowest BCUT2D eigenvalue weighted by Crippen LogP contribution is -2.29. The minimum Gasteiger partial charge on any atom is -0.495 e. The van der Waals surface area contributed by atoms with Gasteiger partial charge in [0.25, 0.3) is 0 Å². The molecule has 1 aromatic heterocycles. The van der Waals surface area contributed by atoms with Crippen molar-refractivity contribution in [1.29, 1.82) is 0 Å². The number of methoxy groups -OCH3 is 1. The summed E-state index contributed by atoms with van der Waals surface area (Å²) in [6.45, 7) is 0.895. The van der Waals surface area contributed by atoms with Crippen molar-refractivity contribution < 1.29 is 9.47 Å². The largest absolute Gasteiger partial charge is 0.495 e. The van der Waals surface area contributed by atoms with E-state index in [9.17, 15) is 0 Å². The van der Waals surface area contributed by atoms with Crippen LogP contribution in [-0.4, -0.2) is 24.8 Å². The first-order valence-corrected chi connectivity index (χ1v) is 6.90. The molecule has 0 aliphatic carbocycles. The smallest absolute Gasteiger partial charge is 0.137 e. The number of hydrogen-bond donors (Lipinski definition) is 2. The number of nitrogens with one attached hydrogen (secondary N) is 1. The highest BCUT2D eigenvalue weighted by Crippen LogP contribution is 2.24. The van der Waals surface area contributed by atoms with Crippen LogP contribution in [0.25, 0.3) is 0 Å². The van der Waals surface area contributed by atoms with E-state index in [2.05, 4.69) is 10.4 Å². The molecule has 0 saturated carbocycles. The number of nitrogens with zero attached hydrogens (tertiary/aromatic N) is 1. The molecule has 5 heteroatoms. The van der Waals surface area contributed by atoms with Crippen LogP contribution in [0.2, 0.25) is 0 Å². The molecule has 0 amide bonds. The third-order valence-electron chi connectivity index (χ3n) is 3.62. The standard InChI is InChI=1S/C14H23N3O2/c1-18-13-8-11(9-16-10-13)14(17-15)6-5-12-4-2-3-7-19-12/h8-10,12,14,17H,2-7,15H2,1H3. The Morgan fingerprint density at radius 2 is 2.42 bits per heavy atom. The summed E-state index contributed by atoms with van der Waals surface area (Å²) in [7, 11) is 1.64. The fourth-order valence-corrected chi connectivity index (χ4v) is 2.47. The van der Waals surface area contributed by atoms with E-state index in [4.69, 9.17) is 15.3 Å². The van der Waals surface area contributed by atoms with Gasteiger partial charge in [0.15, 0.2) is 0 Å². The zero-order valence-electron chi connectivity index (χ0n) is 11.5. The van der Waals surface area contributed by atoms with E-state index in [1.807, 2.05) is 12.3 Å². The molecule has 0 aromatic carbocycles. The van der Waals surface area contributed by atoms with Crippen LogP contribution in [0.1, 0.15) is 43.7 Å². The van der Waals surface area contributed by atoms with Crippen LogP contribution >= 0.6 is 0 Å². The maximum atomic E-state index is 5.74. The van der Waals surface area contributed by atoms with Crippen molar-refractivity contribution in [3.05, 3.63) is 24.0 Å². The maximum Gasteiger partial charge on any atom is 0.137 e. The van der Waals surface area contributed by atoms with Crippen LogP contribution in [0.3, 0.4) is 0 Å². The highest BCUT2D eigenvalue weighted by Gasteiger charge is 2.17. The van der Waals surface area contributed by atoms with E-state index in [1.54, 1.807) is 13.3 Å². The van der Waals surface area contributed by atoms with Gasteiger partial charge in [-0.05, 0) is 43.7 Å². The van der Waals surface area contributed by atoms with Crippen molar-refractivity contribution in [2.45, 2.75) is 44.2 Å². The Bertz CT molecular complexity index is 381. The average Bonchev–Trinajstić information content (AvgIpc) is 2.49. The molecule has 2 rings (SSSR count). The van der Waals surface area contributed by atoms with Crippen molar-refractivity contribution in [3.63, 3.8) is 0 Å². The van der Waals surface area contributed by atoms with Crippen molar-refractivity contribution in [1.82, 2.24) is 10.4 Å². The molecule has 106 valence electrons. The molecule has 19 heavy (non-hydrogen) atoms. The molecular formula is C14H23N3O2. The summed E-state index contributed by atoms with van der Waals surface area (Å²) in [5.41, 5.74) is 3.91. The first kappa shape index (κ1) is 14.2. The van der Waals surface area contributed by atoms with E-state index < -0.39 is 0 Å². The fourth-order valence-electron chi connectivity index (χ4n) is 2.47. The van der Waals surface area contributed by atoms with Crippen molar-refractivity contribution in [3.8, 4) is 5.75 Å². The molecular weight excluding hydrogens is 242 g/mol. The SMILES string of the molecule is COc1cncc(C(CCC2CCCCO2)NN)c1. The Hall–Kier alpha value is -1.17. The quantitative estimate of drug-likeness (QED) is 0.607. The molecule has 1 aliphatic heterocycles. The van der Waals surface area contributed by atoms with Gasteiger partial charge in [0, 0.05) is 18.8 Å². The Morgan fingerprint density at radius 1 is 1.53 bits per heavy atom. The molecule has 1 fully saturated rings. The predicted octanol–water partition coefficient (Wildman–Crippen LogP) is 1.94.